The number of ether oxygens (including phenoxy) is 1. The van der Waals surface area contributed by atoms with Gasteiger partial charge in [0.15, 0.2) is 6.10 Å². The summed E-state index contributed by atoms with van der Waals surface area (Å²) in [5, 5.41) is 12.6. The molecule has 1 heterocycles. The van der Waals surface area contributed by atoms with Gasteiger partial charge in [0.1, 0.15) is 17.4 Å². The number of rotatable bonds is 7. The van der Waals surface area contributed by atoms with Gasteiger partial charge in [0.2, 0.25) is 0 Å². The fraction of sp³-hybridized carbons (Fsp3) is 0.450. The molecule has 0 aliphatic rings. The number of fused-ring (bicyclic) bond motifs is 1. The number of carboxylic acids is 1. The Labute approximate surface area is 157 Å². The first-order chi connectivity index (χ1) is 12.6. The maximum Gasteiger partial charge on any atom is 0.339 e. The Hall–Kier alpha value is -2.83. The van der Waals surface area contributed by atoms with E-state index in [1.807, 2.05) is 13.8 Å². The molecule has 2 aromatic rings. The van der Waals surface area contributed by atoms with E-state index < -0.39 is 29.6 Å². The van der Waals surface area contributed by atoms with Crippen LogP contribution in [0.3, 0.4) is 0 Å². The highest BCUT2D eigenvalue weighted by molar-refractivity contribution is 5.87. The molecule has 1 amide bonds. The van der Waals surface area contributed by atoms with Crippen molar-refractivity contribution < 1.29 is 23.8 Å². The lowest BCUT2D eigenvalue weighted by Gasteiger charge is -2.22. The molecule has 0 bridgehead atoms. The van der Waals surface area contributed by atoms with E-state index in [1.165, 1.54) is 6.92 Å². The predicted octanol–water partition coefficient (Wildman–Crippen LogP) is 2.79. The van der Waals surface area contributed by atoms with Crippen molar-refractivity contribution in [3.8, 4) is 5.75 Å². The quantitative estimate of drug-likeness (QED) is 0.721. The molecule has 0 spiro atoms. The third kappa shape index (κ3) is 4.48. The number of carbonyl (C=O) groups is 2. The predicted molar refractivity (Wildman–Crippen MR) is 101 cm³/mol. The van der Waals surface area contributed by atoms with Crippen LogP contribution in [0.1, 0.15) is 38.3 Å². The molecule has 2 rings (SSSR count). The lowest BCUT2D eigenvalue weighted by Crippen LogP contribution is -2.49. The normalized spacial score (nSPS) is 14.4. The average Bonchev–Trinajstić information content (AvgIpc) is 2.62. The molecule has 0 unspecified atom stereocenters. The van der Waals surface area contributed by atoms with Crippen LogP contribution in [0.4, 0.5) is 0 Å². The maximum atomic E-state index is 12.3. The summed E-state index contributed by atoms with van der Waals surface area (Å²) in [4.78, 5) is 35.5. The molecule has 0 saturated carbocycles. The fourth-order valence-electron chi connectivity index (χ4n) is 2.71. The van der Waals surface area contributed by atoms with Crippen molar-refractivity contribution in [2.24, 2.45) is 5.92 Å². The maximum absolute atomic E-state index is 12.3. The Morgan fingerprint density at radius 3 is 2.48 bits per heavy atom. The standard InChI is InChI=1S/C20H25NO6/c1-6-10(2)17(19(23)24)21-18(22)13(5)26-14-7-8-15-11(3)12(4)20(25)27-16(15)9-14/h7-10,13,17H,6H2,1-5H3,(H,21,22)(H,23,24)/t10-,13-,17-/m1/s1. The van der Waals surface area contributed by atoms with Crippen LogP contribution < -0.4 is 15.7 Å². The zero-order valence-corrected chi connectivity index (χ0v) is 16.2. The van der Waals surface area contributed by atoms with E-state index in [4.69, 9.17) is 9.15 Å². The number of carboxylic acid groups (broad SMARTS) is 1. The second-order valence-corrected chi connectivity index (χ2v) is 6.77. The number of aliphatic carboxylic acids is 1. The molecule has 0 radical (unpaired) electrons. The minimum Gasteiger partial charge on any atom is -0.481 e. The summed E-state index contributed by atoms with van der Waals surface area (Å²) >= 11 is 0. The molecule has 1 aromatic heterocycles. The average molecular weight is 375 g/mol. The van der Waals surface area contributed by atoms with E-state index in [0.717, 1.165) is 10.9 Å². The monoisotopic (exact) mass is 375 g/mol. The van der Waals surface area contributed by atoms with E-state index in [9.17, 15) is 19.5 Å². The van der Waals surface area contributed by atoms with Crippen LogP contribution in [-0.4, -0.2) is 29.1 Å². The number of hydrogen-bond donors (Lipinski definition) is 2. The molecule has 2 N–H and O–H groups in total. The van der Waals surface area contributed by atoms with Gasteiger partial charge in [0, 0.05) is 17.0 Å². The van der Waals surface area contributed by atoms with Gasteiger partial charge in [0.25, 0.3) is 5.91 Å². The summed E-state index contributed by atoms with van der Waals surface area (Å²) in [6.45, 7) is 8.70. The molecular weight excluding hydrogens is 350 g/mol. The number of benzene rings is 1. The molecule has 146 valence electrons. The Bertz CT molecular complexity index is 917. The van der Waals surface area contributed by atoms with Crippen molar-refractivity contribution >= 4 is 22.8 Å². The van der Waals surface area contributed by atoms with E-state index in [1.54, 1.807) is 32.0 Å². The van der Waals surface area contributed by atoms with Crippen LogP contribution in [0.25, 0.3) is 11.0 Å². The highest BCUT2D eigenvalue weighted by Gasteiger charge is 2.28. The summed E-state index contributed by atoms with van der Waals surface area (Å²) in [6, 6.07) is 4.02. The van der Waals surface area contributed by atoms with Crippen LogP contribution >= 0.6 is 0 Å². The SMILES string of the molecule is CC[C@@H](C)[C@@H](NC(=O)[C@@H](C)Oc1ccc2c(C)c(C)c(=O)oc2c1)C(=O)O. The fourth-order valence-corrected chi connectivity index (χ4v) is 2.71. The molecule has 27 heavy (non-hydrogen) atoms. The van der Waals surface area contributed by atoms with Gasteiger partial charge in [0.05, 0.1) is 0 Å². The first kappa shape index (κ1) is 20.5. The van der Waals surface area contributed by atoms with Gasteiger partial charge in [-0.3, -0.25) is 4.79 Å². The molecule has 0 saturated heterocycles. The van der Waals surface area contributed by atoms with Gasteiger partial charge in [-0.15, -0.1) is 0 Å². The van der Waals surface area contributed by atoms with Gasteiger partial charge in [-0.2, -0.15) is 0 Å². The highest BCUT2D eigenvalue weighted by atomic mass is 16.5. The van der Waals surface area contributed by atoms with Crippen molar-refractivity contribution in [3.63, 3.8) is 0 Å². The largest absolute Gasteiger partial charge is 0.481 e. The molecule has 1 aromatic carbocycles. The number of carbonyl (C=O) groups excluding carboxylic acids is 1. The Morgan fingerprint density at radius 1 is 1.22 bits per heavy atom. The van der Waals surface area contributed by atoms with Crippen LogP contribution in [0, 0.1) is 19.8 Å². The summed E-state index contributed by atoms with van der Waals surface area (Å²) in [7, 11) is 0. The van der Waals surface area contributed by atoms with Crippen LogP contribution in [0.2, 0.25) is 0 Å². The summed E-state index contributed by atoms with van der Waals surface area (Å²) < 4.78 is 10.9. The molecule has 0 fully saturated rings. The van der Waals surface area contributed by atoms with Gasteiger partial charge < -0.3 is 19.6 Å². The van der Waals surface area contributed by atoms with Gasteiger partial charge in [-0.05, 0) is 44.4 Å². The first-order valence-corrected chi connectivity index (χ1v) is 8.89. The van der Waals surface area contributed by atoms with E-state index in [2.05, 4.69) is 5.32 Å². The molecular formula is C20H25NO6. The van der Waals surface area contributed by atoms with Crippen LogP contribution in [0.15, 0.2) is 27.4 Å². The van der Waals surface area contributed by atoms with E-state index in [-0.39, 0.29) is 5.92 Å². The molecule has 7 heteroatoms. The van der Waals surface area contributed by atoms with E-state index in [0.29, 0.717) is 23.3 Å². The van der Waals surface area contributed by atoms with Crippen molar-refractivity contribution in [3.05, 3.63) is 39.7 Å². The molecule has 7 nitrogen and oxygen atoms in total. The van der Waals surface area contributed by atoms with Crippen LogP contribution in [-0.2, 0) is 9.59 Å². The number of amides is 1. The number of aryl methyl sites for hydroxylation is 1. The summed E-state index contributed by atoms with van der Waals surface area (Å²) in [6.07, 6.45) is -0.291. The number of nitrogens with one attached hydrogen (secondary N) is 1. The zero-order chi connectivity index (χ0) is 20.3. The van der Waals surface area contributed by atoms with Crippen LogP contribution in [0.5, 0.6) is 5.75 Å². The smallest absolute Gasteiger partial charge is 0.339 e. The van der Waals surface area contributed by atoms with Crippen molar-refractivity contribution in [1.82, 2.24) is 5.32 Å². The third-order valence-corrected chi connectivity index (χ3v) is 4.89. The topological polar surface area (TPSA) is 106 Å². The second kappa shape index (κ2) is 8.24. The van der Waals surface area contributed by atoms with Crippen molar-refractivity contribution in [1.29, 1.82) is 0 Å². The van der Waals surface area contributed by atoms with Gasteiger partial charge in [-0.1, -0.05) is 20.3 Å². The lowest BCUT2D eigenvalue weighted by atomic mass is 9.99. The first-order valence-electron chi connectivity index (χ1n) is 8.89. The Kier molecular flexibility index (Phi) is 6.25. The summed E-state index contributed by atoms with van der Waals surface area (Å²) in [5.41, 5.74) is 1.34. The van der Waals surface area contributed by atoms with E-state index >= 15 is 0 Å². The number of hydrogen-bond acceptors (Lipinski definition) is 5. The highest BCUT2D eigenvalue weighted by Crippen LogP contribution is 2.24. The molecule has 0 aliphatic heterocycles. The van der Waals surface area contributed by atoms with Gasteiger partial charge in [-0.25, -0.2) is 9.59 Å². The zero-order valence-electron chi connectivity index (χ0n) is 16.2. The molecule has 3 atom stereocenters. The molecule has 0 aliphatic carbocycles. The Morgan fingerprint density at radius 2 is 1.89 bits per heavy atom. The second-order valence-electron chi connectivity index (χ2n) is 6.77. The van der Waals surface area contributed by atoms with Gasteiger partial charge >= 0.3 is 11.6 Å². The minimum absolute atomic E-state index is 0.209. The third-order valence-electron chi connectivity index (χ3n) is 4.89. The Balaban J connectivity index is 2.18. The van der Waals surface area contributed by atoms with Crippen molar-refractivity contribution in [2.75, 3.05) is 0 Å². The summed E-state index contributed by atoms with van der Waals surface area (Å²) in [5.74, 6) is -1.46. The lowest BCUT2D eigenvalue weighted by molar-refractivity contribution is -0.144. The minimum atomic E-state index is -1.08. The van der Waals surface area contributed by atoms with Crippen molar-refractivity contribution in [2.45, 2.75) is 53.2 Å².